The molecule has 0 N–H and O–H groups in total. The first-order chi connectivity index (χ1) is 32.2. The van der Waals surface area contributed by atoms with Crippen LogP contribution in [0.2, 0.25) is 19.6 Å². The second kappa shape index (κ2) is 20.6. The minimum atomic E-state index is -1.37. The Morgan fingerprint density at radius 3 is 2.10 bits per heavy atom. The van der Waals surface area contributed by atoms with Gasteiger partial charge in [0.05, 0.1) is 30.5 Å². The van der Waals surface area contributed by atoms with Crippen LogP contribution >= 0.6 is 0 Å². The van der Waals surface area contributed by atoms with Crippen molar-refractivity contribution in [2.75, 3.05) is 0 Å². The van der Waals surface area contributed by atoms with Crippen LogP contribution < -0.4 is 5.19 Å². The zero-order valence-electron chi connectivity index (χ0n) is 41.6. The van der Waals surface area contributed by atoms with Crippen LogP contribution in [0.15, 0.2) is 126 Å². The number of hydrogen-bond acceptors (Lipinski definition) is 4. The summed E-state index contributed by atoms with van der Waals surface area (Å²) in [5, 5.41) is 3.53. The first-order valence-electron chi connectivity index (χ1n) is 24.7. The molecular formula is C61H66IrN4OSi-2. The van der Waals surface area contributed by atoms with Crippen LogP contribution in [0.5, 0.6) is 0 Å². The van der Waals surface area contributed by atoms with Gasteiger partial charge in [0.1, 0.15) is 0 Å². The van der Waals surface area contributed by atoms with E-state index in [0.29, 0.717) is 23.5 Å². The predicted molar refractivity (Wildman–Crippen MR) is 285 cm³/mol. The van der Waals surface area contributed by atoms with E-state index in [0.717, 1.165) is 68.1 Å². The third-order valence-corrected chi connectivity index (χ3v) is 15.6. The first kappa shape index (κ1) is 49.0. The van der Waals surface area contributed by atoms with Gasteiger partial charge in [0.25, 0.3) is 0 Å². The summed E-state index contributed by atoms with van der Waals surface area (Å²) in [7, 11) is -1.37. The molecule has 0 amide bonds. The number of furan rings is 1. The van der Waals surface area contributed by atoms with E-state index in [-0.39, 0.29) is 20.1 Å². The van der Waals surface area contributed by atoms with E-state index in [2.05, 4.69) is 186 Å². The Balaban J connectivity index is 0.000000201. The standard InChI is InChI=1S/C37H32N3O.C24H34NSi.Ir/c1-22(2)30-20-26(25-12-7-6-8-13-25)21-31(23(3)4)34(30)40-33-17-10-9-16-32(33)39-36(40)29-15-11-14-27-28-19-18-24(5)38-37(28)41-35(27)29;1-18(2)15-22-16-23(25-17-24(22)26(3,4)5)21-13-11-20(12-14-21)19-9-7-6-8-10-19;/h6-14,16-23H,1-5H3;11-13,16-19H,6-10,15H2,1-5H3;/q2*-1;. The maximum absolute atomic E-state index is 6.44. The second-order valence-electron chi connectivity index (χ2n) is 20.9. The molecule has 0 spiro atoms. The number of imidazole rings is 1. The molecule has 0 atom stereocenters. The van der Waals surface area contributed by atoms with Gasteiger partial charge in [-0.25, -0.2) is 4.98 Å². The normalized spacial score (nSPS) is 13.4. The number of fused-ring (bicyclic) bond motifs is 4. The maximum Gasteiger partial charge on any atom is 0.216 e. The summed E-state index contributed by atoms with van der Waals surface area (Å²) in [5.41, 5.74) is 16.6. The third kappa shape index (κ3) is 10.1. The van der Waals surface area contributed by atoms with Crippen LogP contribution in [-0.4, -0.2) is 27.6 Å². The second-order valence-corrected chi connectivity index (χ2v) is 25.9. The van der Waals surface area contributed by atoms with E-state index < -0.39 is 8.07 Å². The minimum Gasteiger partial charge on any atom is -0.486 e. The molecule has 4 aromatic heterocycles. The molecule has 5 aromatic carbocycles. The van der Waals surface area contributed by atoms with Gasteiger partial charge in [-0.3, -0.25) is 4.98 Å². The molecule has 0 unspecified atom stereocenters. The number of aromatic nitrogens is 4. The molecule has 0 bridgehead atoms. The van der Waals surface area contributed by atoms with Crippen molar-refractivity contribution >= 4 is 46.4 Å². The zero-order valence-corrected chi connectivity index (χ0v) is 45.0. The van der Waals surface area contributed by atoms with Gasteiger partial charge in [-0.05, 0) is 101 Å². The Labute approximate surface area is 419 Å². The average Bonchev–Trinajstić information content (AvgIpc) is 3.89. The number of pyridine rings is 2. The van der Waals surface area contributed by atoms with Crippen molar-refractivity contribution in [2.45, 2.75) is 124 Å². The van der Waals surface area contributed by atoms with Crippen molar-refractivity contribution < 1.29 is 24.5 Å². The Kier molecular flexibility index (Phi) is 14.9. The number of rotatable bonds is 10. The molecule has 1 aliphatic carbocycles. The van der Waals surface area contributed by atoms with E-state index in [9.17, 15) is 0 Å². The first-order valence-corrected chi connectivity index (χ1v) is 28.2. The van der Waals surface area contributed by atoms with Gasteiger partial charge >= 0.3 is 0 Å². The van der Waals surface area contributed by atoms with Crippen LogP contribution in [0.1, 0.15) is 119 Å². The fourth-order valence-corrected chi connectivity index (χ4v) is 11.7. The van der Waals surface area contributed by atoms with Gasteiger partial charge in [0, 0.05) is 43.1 Å². The molecule has 0 saturated heterocycles. The van der Waals surface area contributed by atoms with Crippen molar-refractivity contribution in [3.05, 3.63) is 162 Å². The van der Waals surface area contributed by atoms with Crippen LogP contribution in [0.3, 0.4) is 0 Å². The van der Waals surface area contributed by atoms with Gasteiger partial charge in [-0.1, -0.05) is 164 Å². The topological polar surface area (TPSA) is 56.7 Å². The molecule has 1 radical (unpaired) electrons. The van der Waals surface area contributed by atoms with Crippen LogP contribution in [0, 0.1) is 25.0 Å². The van der Waals surface area contributed by atoms with Crippen LogP contribution in [0.25, 0.3) is 72.6 Å². The molecule has 7 heteroatoms. The summed E-state index contributed by atoms with van der Waals surface area (Å²) in [6.07, 6.45) is 10.1. The average molecular weight is 1090 g/mol. The predicted octanol–water partition coefficient (Wildman–Crippen LogP) is 16.3. The number of benzene rings is 5. The Morgan fingerprint density at radius 1 is 0.735 bits per heavy atom. The molecule has 351 valence electrons. The van der Waals surface area contributed by atoms with Crippen molar-refractivity contribution in [3.8, 4) is 39.5 Å². The molecule has 4 heterocycles. The summed E-state index contributed by atoms with van der Waals surface area (Å²) in [6, 6.07) is 48.1. The molecule has 0 aliphatic heterocycles. The van der Waals surface area contributed by atoms with Gasteiger partial charge in [0.15, 0.2) is 0 Å². The molecule has 1 fully saturated rings. The van der Waals surface area contributed by atoms with Gasteiger partial charge in [0.2, 0.25) is 5.71 Å². The minimum absolute atomic E-state index is 0. The van der Waals surface area contributed by atoms with Crippen molar-refractivity contribution in [3.63, 3.8) is 0 Å². The van der Waals surface area contributed by atoms with Crippen molar-refractivity contribution in [1.82, 2.24) is 19.5 Å². The summed E-state index contributed by atoms with van der Waals surface area (Å²) in [6.45, 7) is 22.9. The fourth-order valence-electron chi connectivity index (χ4n) is 10.1. The van der Waals surface area contributed by atoms with E-state index in [1.807, 2.05) is 25.1 Å². The van der Waals surface area contributed by atoms with Crippen LogP contribution in [0.4, 0.5) is 0 Å². The van der Waals surface area contributed by atoms with Crippen molar-refractivity contribution in [2.24, 2.45) is 5.92 Å². The van der Waals surface area contributed by atoms with Crippen molar-refractivity contribution in [1.29, 1.82) is 0 Å². The Hall–Kier alpha value is -5.46. The smallest absolute Gasteiger partial charge is 0.216 e. The third-order valence-electron chi connectivity index (χ3n) is 13.6. The Bertz CT molecular complexity index is 3140. The van der Waals surface area contributed by atoms with Gasteiger partial charge in [-0.15, -0.1) is 53.6 Å². The summed E-state index contributed by atoms with van der Waals surface area (Å²) < 4.78 is 8.78. The molecule has 9 aromatic rings. The fraction of sp³-hybridized carbons (Fsp3) is 0.328. The summed E-state index contributed by atoms with van der Waals surface area (Å²) >= 11 is 0. The molecule has 10 rings (SSSR count). The quantitative estimate of drug-likeness (QED) is 0.101. The monoisotopic (exact) mass is 1090 g/mol. The largest absolute Gasteiger partial charge is 0.486 e. The molecule has 68 heavy (non-hydrogen) atoms. The molecule has 1 saturated carbocycles. The summed E-state index contributed by atoms with van der Waals surface area (Å²) in [4.78, 5) is 14.7. The summed E-state index contributed by atoms with van der Waals surface area (Å²) in [5.74, 6) is 2.81. The van der Waals surface area contributed by atoms with E-state index in [4.69, 9.17) is 14.4 Å². The number of para-hydroxylation sites is 2. The van der Waals surface area contributed by atoms with E-state index in [1.165, 1.54) is 76.4 Å². The van der Waals surface area contributed by atoms with Gasteiger partial charge < -0.3 is 14.0 Å². The number of nitrogens with zero attached hydrogens (tertiary/aromatic N) is 4. The molecular weight excluding hydrogens is 1030 g/mol. The number of aryl methyl sites for hydroxylation is 1. The molecule has 5 nitrogen and oxygen atoms in total. The van der Waals surface area contributed by atoms with E-state index >= 15 is 0 Å². The Morgan fingerprint density at radius 2 is 1.44 bits per heavy atom. The van der Waals surface area contributed by atoms with E-state index in [1.54, 1.807) is 0 Å². The SMILES string of the molecule is CC(C)Cc1cc(-c2[c-]cc(C3CCCCC3)cc2)ncc1[Si](C)(C)C.Cc1ccc2c(n1)oc1c(-c3nc4ccccc4n3-c3c(C(C)C)cc(-c4ccccc4)cc3C(C)C)[c-]ccc12.[Ir]. The number of hydrogen-bond donors (Lipinski definition) is 0. The van der Waals surface area contributed by atoms with Crippen LogP contribution in [-0.2, 0) is 26.5 Å². The van der Waals surface area contributed by atoms with Gasteiger partial charge in [-0.2, -0.15) is 0 Å². The molecule has 1 aliphatic rings. The maximum atomic E-state index is 6.44. The zero-order chi connectivity index (χ0) is 47.0.